The van der Waals surface area contributed by atoms with Gasteiger partial charge in [0.15, 0.2) is 0 Å². The first-order valence-electron chi connectivity index (χ1n) is 5.81. The molecule has 2 aromatic rings. The van der Waals surface area contributed by atoms with Gasteiger partial charge in [-0.2, -0.15) is 0 Å². The van der Waals surface area contributed by atoms with Crippen LogP contribution in [0.1, 0.15) is 22.7 Å². The number of hydrogen-bond acceptors (Lipinski definition) is 1. The van der Waals surface area contributed by atoms with Gasteiger partial charge in [0.25, 0.3) is 0 Å². The van der Waals surface area contributed by atoms with Gasteiger partial charge in [-0.25, -0.2) is 4.39 Å². The Hall–Kier alpha value is -1.19. The number of nitrogens with one attached hydrogen (secondary N) is 1. The summed E-state index contributed by atoms with van der Waals surface area (Å²) in [5, 5.41) is 3.28. The first-order chi connectivity index (χ1) is 8.63. The molecule has 0 aromatic heterocycles. The second-order valence-corrected chi connectivity index (χ2v) is 5.08. The third kappa shape index (κ3) is 2.62. The van der Waals surface area contributed by atoms with E-state index in [4.69, 9.17) is 0 Å². The molecule has 0 spiro atoms. The van der Waals surface area contributed by atoms with E-state index in [0.29, 0.717) is 0 Å². The highest BCUT2D eigenvalue weighted by molar-refractivity contribution is 9.10. The summed E-state index contributed by atoms with van der Waals surface area (Å²) in [4.78, 5) is 0. The van der Waals surface area contributed by atoms with Crippen LogP contribution in [0.25, 0.3) is 0 Å². The Morgan fingerprint density at radius 3 is 2.39 bits per heavy atom. The van der Waals surface area contributed by atoms with E-state index in [2.05, 4.69) is 34.2 Å². The van der Waals surface area contributed by atoms with Gasteiger partial charge in [-0.1, -0.05) is 40.2 Å². The van der Waals surface area contributed by atoms with E-state index in [9.17, 15) is 4.39 Å². The Bertz CT molecular complexity index is 537. The molecule has 0 amide bonds. The molecule has 0 aliphatic heterocycles. The van der Waals surface area contributed by atoms with E-state index in [-0.39, 0.29) is 11.9 Å². The topological polar surface area (TPSA) is 12.0 Å². The summed E-state index contributed by atoms with van der Waals surface area (Å²) >= 11 is 3.54. The van der Waals surface area contributed by atoms with Crippen molar-refractivity contribution in [2.75, 3.05) is 7.05 Å². The van der Waals surface area contributed by atoms with Crippen LogP contribution < -0.4 is 5.32 Å². The molecule has 0 saturated carbocycles. The van der Waals surface area contributed by atoms with E-state index in [0.717, 1.165) is 10.0 Å². The highest BCUT2D eigenvalue weighted by Crippen LogP contribution is 2.28. The Labute approximate surface area is 115 Å². The predicted octanol–water partition coefficient (Wildman–Crippen LogP) is 4.21. The Balaban J connectivity index is 2.45. The molecular weight excluding hydrogens is 293 g/mol. The summed E-state index contributed by atoms with van der Waals surface area (Å²) in [5.74, 6) is -0.209. The lowest BCUT2D eigenvalue weighted by molar-refractivity contribution is 0.623. The van der Waals surface area contributed by atoms with E-state index in [1.807, 2.05) is 31.3 Å². The molecule has 1 unspecified atom stereocenters. The number of benzene rings is 2. The van der Waals surface area contributed by atoms with Crippen LogP contribution in [0.15, 0.2) is 46.9 Å². The maximum Gasteiger partial charge on any atom is 0.123 e. The van der Waals surface area contributed by atoms with Crippen molar-refractivity contribution in [2.45, 2.75) is 13.0 Å². The van der Waals surface area contributed by atoms with E-state index in [1.54, 1.807) is 0 Å². The number of halogens is 2. The smallest absolute Gasteiger partial charge is 0.123 e. The lowest BCUT2D eigenvalue weighted by Crippen LogP contribution is -2.18. The van der Waals surface area contributed by atoms with Gasteiger partial charge < -0.3 is 5.32 Å². The maximum atomic E-state index is 13.0. The summed E-state index contributed by atoms with van der Waals surface area (Å²) in [7, 11) is 1.91. The third-order valence-electron chi connectivity index (χ3n) is 3.11. The molecule has 1 N–H and O–H groups in total. The van der Waals surface area contributed by atoms with Gasteiger partial charge in [0.2, 0.25) is 0 Å². The second-order valence-electron chi connectivity index (χ2n) is 4.23. The molecule has 2 aromatic carbocycles. The van der Waals surface area contributed by atoms with Crippen molar-refractivity contribution in [3.63, 3.8) is 0 Å². The molecular formula is C15H15BrFN. The summed E-state index contributed by atoms with van der Waals surface area (Å²) in [6, 6.07) is 12.8. The van der Waals surface area contributed by atoms with Crippen molar-refractivity contribution < 1.29 is 4.39 Å². The zero-order valence-electron chi connectivity index (χ0n) is 10.4. The van der Waals surface area contributed by atoms with Crippen molar-refractivity contribution in [1.29, 1.82) is 0 Å². The first-order valence-corrected chi connectivity index (χ1v) is 6.60. The van der Waals surface area contributed by atoms with Gasteiger partial charge in [0.05, 0.1) is 6.04 Å². The Morgan fingerprint density at radius 1 is 1.11 bits per heavy atom. The fourth-order valence-corrected chi connectivity index (χ4v) is 2.48. The molecule has 1 atom stereocenters. The molecule has 1 nitrogen and oxygen atoms in total. The SMILES string of the molecule is CNC(c1ccc(F)cc1)c1cccc(Br)c1C. The molecule has 0 saturated heterocycles. The molecule has 0 radical (unpaired) electrons. The monoisotopic (exact) mass is 307 g/mol. The van der Waals surface area contributed by atoms with Crippen LogP contribution >= 0.6 is 15.9 Å². The maximum absolute atomic E-state index is 13.0. The van der Waals surface area contributed by atoms with Crippen LogP contribution in [0.5, 0.6) is 0 Å². The lowest BCUT2D eigenvalue weighted by Gasteiger charge is -2.20. The molecule has 0 aliphatic rings. The highest BCUT2D eigenvalue weighted by atomic mass is 79.9. The average Bonchev–Trinajstić information content (AvgIpc) is 2.37. The fraction of sp³-hybridized carbons (Fsp3) is 0.200. The summed E-state index contributed by atoms with van der Waals surface area (Å²) in [5.41, 5.74) is 3.44. The zero-order chi connectivity index (χ0) is 13.1. The molecule has 18 heavy (non-hydrogen) atoms. The summed E-state index contributed by atoms with van der Waals surface area (Å²) in [6.07, 6.45) is 0. The van der Waals surface area contributed by atoms with Crippen LogP contribution in [0.3, 0.4) is 0 Å². The Morgan fingerprint density at radius 2 is 1.78 bits per heavy atom. The third-order valence-corrected chi connectivity index (χ3v) is 3.97. The average molecular weight is 308 g/mol. The largest absolute Gasteiger partial charge is 0.309 e. The van der Waals surface area contributed by atoms with Crippen LogP contribution in [0.4, 0.5) is 4.39 Å². The van der Waals surface area contributed by atoms with Gasteiger partial charge in [-0.3, -0.25) is 0 Å². The van der Waals surface area contributed by atoms with Gasteiger partial charge >= 0.3 is 0 Å². The molecule has 3 heteroatoms. The first kappa shape index (κ1) is 13.2. The second kappa shape index (κ2) is 5.63. The highest BCUT2D eigenvalue weighted by Gasteiger charge is 2.15. The number of hydrogen-bond donors (Lipinski definition) is 1. The molecule has 94 valence electrons. The fourth-order valence-electron chi connectivity index (χ4n) is 2.09. The van der Waals surface area contributed by atoms with Crippen molar-refractivity contribution >= 4 is 15.9 Å². The predicted molar refractivity (Wildman–Crippen MR) is 76.2 cm³/mol. The summed E-state index contributed by atoms with van der Waals surface area (Å²) < 4.78 is 14.1. The van der Waals surface area contributed by atoms with E-state index >= 15 is 0 Å². The van der Waals surface area contributed by atoms with Crippen molar-refractivity contribution in [3.05, 3.63) is 69.4 Å². The van der Waals surface area contributed by atoms with Crippen molar-refractivity contribution in [3.8, 4) is 0 Å². The van der Waals surface area contributed by atoms with Gasteiger partial charge in [0.1, 0.15) is 5.82 Å². The van der Waals surface area contributed by atoms with E-state index < -0.39 is 0 Å². The van der Waals surface area contributed by atoms with Crippen LogP contribution in [-0.4, -0.2) is 7.05 Å². The van der Waals surface area contributed by atoms with Crippen molar-refractivity contribution in [1.82, 2.24) is 5.32 Å². The van der Waals surface area contributed by atoms with Crippen LogP contribution in [-0.2, 0) is 0 Å². The molecule has 0 heterocycles. The standard InChI is InChI=1S/C15H15BrFN/c1-10-13(4-3-5-14(10)16)15(18-2)11-6-8-12(17)9-7-11/h3-9,15,18H,1-2H3. The van der Waals surface area contributed by atoms with Gasteiger partial charge in [-0.05, 0) is 48.9 Å². The minimum Gasteiger partial charge on any atom is -0.309 e. The molecule has 0 fully saturated rings. The van der Waals surface area contributed by atoms with E-state index in [1.165, 1.54) is 23.3 Å². The quantitative estimate of drug-likeness (QED) is 0.896. The summed E-state index contributed by atoms with van der Waals surface area (Å²) in [6.45, 7) is 2.08. The minimum atomic E-state index is -0.209. The Kier molecular flexibility index (Phi) is 4.15. The van der Waals surface area contributed by atoms with Crippen molar-refractivity contribution in [2.24, 2.45) is 0 Å². The minimum absolute atomic E-state index is 0.0723. The normalized spacial score (nSPS) is 12.4. The molecule has 0 bridgehead atoms. The van der Waals surface area contributed by atoms with Gasteiger partial charge in [0, 0.05) is 4.47 Å². The molecule has 2 rings (SSSR count). The number of rotatable bonds is 3. The zero-order valence-corrected chi connectivity index (χ0v) is 12.0. The van der Waals surface area contributed by atoms with Gasteiger partial charge in [-0.15, -0.1) is 0 Å². The van der Waals surface area contributed by atoms with Crippen LogP contribution in [0.2, 0.25) is 0 Å². The lowest BCUT2D eigenvalue weighted by atomic mass is 9.95. The molecule has 0 aliphatic carbocycles. The van der Waals surface area contributed by atoms with Crippen LogP contribution in [0, 0.1) is 12.7 Å².